The van der Waals surface area contributed by atoms with Gasteiger partial charge in [0, 0.05) is 11.3 Å². The number of hydrogen-bond donors (Lipinski definition) is 2. The second-order valence-electron chi connectivity index (χ2n) is 2.77. The lowest BCUT2D eigenvalue weighted by molar-refractivity contribution is -0.127. The largest absolute Gasteiger partial charge is 0.476 e. The maximum atomic E-state index is 11.9. The monoisotopic (exact) mass is 208 g/mol. The maximum absolute atomic E-state index is 11.9. The lowest BCUT2D eigenvalue weighted by atomic mass is 10.1. The molecule has 0 unspecified atom stereocenters. The number of aromatic amines is 1. The first-order chi connectivity index (χ1) is 6.31. The number of H-pyrrole nitrogens is 1. The highest BCUT2D eigenvalue weighted by molar-refractivity contribution is 5.87. The number of hydrogen-bond acceptors (Lipinski definition) is 2. The molecule has 1 heterocycles. The van der Waals surface area contributed by atoms with Gasteiger partial charge >= 0.3 is 12.1 Å². The van der Waals surface area contributed by atoms with E-state index in [4.69, 9.17) is 5.11 Å². The Bertz CT molecular complexity index is 356. The molecule has 0 aliphatic carbocycles. The number of aromatic nitrogens is 2. The van der Waals surface area contributed by atoms with Crippen LogP contribution in [0.15, 0.2) is 0 Å². The molecule has 1 aromatic heterocycles. The molecule has 0 atom stereocenters. The summed E-state index contributed by atoms with van der Waals surface area (Å²) >= 11 is 0. The van der Waals surface area contributed by atoms with Crippen molar-refractivity contribution in [3.8, 4) is 0 Å². The molecule has 0 aliphatic rings. The predicted molar refractivity (Wildman–Crippen MR) is 40.0 cm³/mol. The van der Waals surface area contributed by atoms with Gasteiger partial charge in [-0.2, -0.15) is 18.3 Å². The molecule has 4 nitrogen and oxygen atoms in total. The van der Waals surface area contributed by atoms with Crippen molar-refractivity contribution < 1.29 is 23.1 Å². The van der Waals surface area contributed by atoms with Gasteiger partial charge in [0.15, 0.2) is 5.69 Å². The Morgan fingerprint density at radius 3 is 2.50 bits per heavy atom. The van der Waals surface area contributed by atoms with E-state index in [0.717, 1.165) is 0 Å². The zero-order valence-electron chi connectivity index (χ0n) is 7.14. The van der Waals surface area contributed by atoms with E-state index in [1.54, 1.807) is 0 Å². The van der Waals surface area contributed by atoms with Crippen molar-refractivity contribution in [1.29, 1.82) is 0 Å². The molecule has 0 bridgehead atoms. The number of rotatable bonds is 2. The maximum Gasteiger partial charge on any atom is 0.394 e. The van der Waals surface area contributed by atoms with Gasteiger partial charge < -0.3 is 5.11 Å². The van der Waals surface area contributed by atoms with Gasteiger partial charge in [0.2, 0.25) is 0 Å². The van der Waals surface area contributed by atoms with Crippen molar-refractivity contribution in [3.63, 3.8) is 0 Å². The van der Waals surface area contributed by atoms with E-state index in [1.807, 2.05) is 0 Å². The Labute approximate surface area is 76.7 Å². The fourth-order valence-electron chi connectivity index (χ4n) is 1.01. The lowest BCUT2D eigenvalue weighted by Crippen LogP contribution is -2.12. The van der Waals surface area contributed by atoms with Crippen LogP contribution in [0.3, 0.4) is 0 Å². The molecule has 0 saturated heterocycles. The van der Waals surface area contributed by atoms with Crippen LogP contribution in [0.4, 0.5) is 13.2 Å². The van der Waals surface area contributed by atoms with E-state index < -0.39 is 18.6 Å². The smallest absolute Gasteiger partial charge is 0.394 e. The second-order valence-corrected chi connectivity index (χ2v) is 2.77. The molecule has 78 valence electrons. The Hall–Kier alpha value is -1.53. The van der Waals surface area contributed by atoms with Gasteiger partial charge in [0.1, 0.15) is 0 Å². The summed E-state index contributed by atoms with van der Waals surface area (Å²) in [4.78, 5) is 10.4. The van der Waals surface area contributed by atoms with Gasteiger partial charge in [-0.3, -0.25) is 5.10 Å². The number of carbonyl (C=O) groups is 1. The predicted octanol–water partition coefficient (Wildman–Crippen LogP) is 1.52. The second kappa shape index (κ2) is 3.32. The number of nitrogens with one attached hydrogen (secondary N) is 1. The molecule has 1 aromatic rings. The first-order valence-corrected chi connectivity index (χ1v) is 3.65. The van der Waals surface area contributed by atoms with Crippen LogP contribution in [0, 0.1) is 6.92 Å². The molecule has 14 heavy (non-hydrogen) atoms. The van der Waals surface area contributed by atoms with E-state index >= 15 is 0 Å². The van der Waals surface area contributed by atoms with Gasteiger partial charge in [-0.05, 0) is 6.92 Å². The Morgan fingerprint density at radius 1 is 1.57 bits per heavy atom. The molecule has 1 rings (SSSR count). The third-order valence-electron chi connectivity index (χ3n) is 1.69. The number of alkyl halides is 3. The average molecular weight is 208 g/mol. The Kier molecular flexibility index (Phi) is 2.50. The van der Waals surface area contributed by atoms with Crippen molar-refractivity contribution in [2.24, 2.45) is 0 Å². The zero-order valence-corrected chi connectivity index (χ0v) is 7.14. The molecule has 0 fully saturated rings. The molecule has 0 spiro atoms. The highest BCUT2D eigenvalue weighted by Crippen LogP contribution is 2.22. The fraction of sp³-hybridized carbons (Fsp3) is 0.429. The van der Waals surface area contributed by atoms with Crippen molar-refractivity contribution in [2.45, 2.75) is 19.5 Å². The number of halogens is 3. The summed E-state index contributed by atoms with van der Waals surface area (Å²) < 4.78 is 35.8. The lowest BCUT2D eigenvalue weighted by Gasteiger charge is -2.04. The molecule has 2 N–H and O–H groups in total. The molecule has 0 amide bonds. The SMILES string of the molecule is Cc1c(C(=O)O)n[nH]c1CC(F)(F)F. The topological polar surface area (TPSA) is 66.0 Å². The Morgan fingerprint density at radius 2 is 2.14 bits per heavy atom. The van der Waals surface area contributed by atoms with E-state index in [-0.39, 0.29) is 17.0 Å². The molecular weight excluding hydrogens is 201 g/mol. The van der Waals surface area contributed by atoms with Crippen LogP contribution in [-0.4, -0.2) is 27.4 Å². The van der Waals surface area contributed by atoms with Gasteiger partial charge in [0.05, 0.1) is 6.42 Å². The number of carboxylic acids is 1. The van der Waals surface area contributed by atoms with Gasteiger partial charge in [-0.25, -0.2) is 4.79 Å². The molecule has 0 radical (unpaired) electrons. The third-order valence-corrected chi connectivity index (χ3v) is 1.69. The first kappa shape index (κ1) is 10.6. The van der Waals surface area contributed by atoms with E-state index in [2.05, 4.69) is 10.2 Å². The van der Waals surface area contributed by atoms with Crippen molar-refractivity contribution in [2.75, 3.05) is 0 Å². The minimum absolute atomic E-state index is 0.0230. The van der Waals surface area contributed by atoms with Crippen LogP contribution >= 0.6 is 0 Å². The highest BCUT2D eigenvalue weighted by Gasteiger charge is 2.30. The summed E-state index contributed by atoms with van der Waals surface area (Å²) in [6.45, 7) is 1.29. The number of aromatic carboxylic acids is 1. The minimum Gasteiger partial charge on any atom is -0.476 e. The van der Waals surface area contributed by atoms with Crippen LogP contribution in [0.5, 0.6) is 0 Å². The van der Waals surface area contributed by atoms with Gasteiger partial charge in [-0.1, -0.05) is 0 Å². The normalized spacial score (nSPS) is 11.7. The van der Waals surface area contributed by atoms with Crippen molar-refractivity contribution >= 4 is 5.97 Å². The van der Waals surface area contributed by atoms with Gasteiger partial charge in [-0.15, -0.1) is 0 Å². The molecule has 7 heteroatoms. The molecule has 0 aromatic carbocycles. The average Bonchev–Trinajstić information content (AvgIpc) is 2.29. The number of carboxylic acid groups (broad SMARTS) is 1. The van der Waals surface area contributed by atoms with Crippen LogP contribution in [-0.2, 0) is 6.42 Å². The van der Waals surface area contributed by atoms with Crippen LogP contribution in [0.25, 0.3) is 0 Å². The van der Waals surface area contributed by atoms with Crippen LogP contribution in [0.2, 0.25) is 0 Å². The standard InChI is InChI=1S/C7H7F3N2O2/c1-3-4(2-7(8,9)10)11-12-5(3)6(13)14/h2H2,1H3,(H,11,12)(H,13,14). The third kappa shape index (κ3) is 2.24. The van der Waals surface area contributed by atoms with Crippen LogP contribution < -0.4 is 0 Å². The Balaban J connectivity index is 2.96. The summed E-state index contributed by atoms with van der Waals surface area (Å²) in [6, 6.07) is 0. The van der Waals surface area contributed by atoms with E-state index in [9.17, 15) is 18.0 Å². The van der Waals surface area contributed by atoms with E-state index in [1.165, 1.54) is 6.92 Å². The van der Waals surface area contributed by atoms with Crippen LogP contribution in [0.1, 0.15) is 21.7 Å². The molecular formula is C7H7F3N2O2. The summed E-state index contributed by atoms with van der Waals surface area (Å²) in [5.41, 5.74) is -0.561. The minimum atomic E-state index is -4.37. The summed E-state index contributed by atoms with van der Waals surface area (Å²) in [6.07, 6.45) is -5.56. The quantitative estimate of drug-likeness (QED) is 0.774. The first-order valence-electron chi connectivity index (χ1n) is 3.65. The number of nitrogens with zero attached hydrogens (tertiary/aromatic N) is 1. The fourth-order valence-corrected chi connectivity index (χ4v) is 1.01. The van der Waals surface area contributed by atoms with Crippen molar-refractivity contribution in [3.05, 3.63) is 17.0 Å². The van der Waals surface area contributed by atoms with Crippen molar-refractivity contribution in [1.82, 2.24) is 10.2 Å². The summed E-state index contributed by atoms with van der Waals surface area (Å²) in [7, 11) is 0. The summed E-state index contributed by atoms with van der Waals surface area (Å²) in [5.74, 6) is -1.34. The molecule has 0 saturated carbocycles. The summed E-state index contributed by atoms with van der Waals surface area (Å²) in [5, 5.41) is 13.8. The highest BCUT2D eigenvalue weighted by atomic mass is 19.4. The van der Waals surface area contributed by atoms with Gasteiger partial charge in [0.25, 0.3) is 0 Å². The van der Waals surface area contributed by atoms with E-state index in [0.29, 0.717) is 0 Å². The molecule has 0 aliphatic heterocycles. The zero-order chi connectivity index (χ0) is 10.9.